The van der Waals surface area contributed by atoms with Gasteiger partial charge in [-0.15, -0.1) is 0 Å². The number of aliphatic hydroxyl groups excluding tert-OH is 1. The monoisotopic (exact) mass is 427 g/mol. The Morgan fingerprint density at radius 2 is 1.81 bits per heavy atom. The van der Waals surface area contributed by atoms with Gasteiger partial charge in [-0.25, -0.2) is 0 Å². The number of carbonyl (C=O) groups excluding carboxylic acids is 2. The van der Waals surface area contributed by atoms with Crippen molar-refractivity contribution < 1.29 is 32.3 Å². The molecule has 1 atom stereocenters. The molecule has 2 heterocycles. The third kappa shape index (κ3) is 3.50. The molecule has 0 radical (unpaired) electrons. The number of aryl methyl sites for hydroxylation is 1. The topological polar surface area (TPSA) is 70.7 Å². The van der Waals surface area contributed by atoms with Gasteiger partial charge in [0.2, 0.25) is 5.78 Å². The summed E-state index contributed by atoms with van der Waals surface area (Å²) in [6.07, 6.45) is -3.35. The molecule has 1 amide bonds. The van der Waals surface area contributed by atoms with Crippen LogP contribution in [0.25, 0.3) is 0 Å². The first kappa shape index (κ1) is 20.5. The summed E-state index contributed by atoms with van der Waals surface area (Å²) >= 11 is 0. The zero-order valence-electron chi connectivity index (χ0n) is 16.2. The van der Waals surface area contributed by atoms with E-state index in [4.69, 9.17) is 4.42 Å². The highest BCUT2D eigenvalue weighted by Crippen LogP contribution is 2.44. The van der Waals surface area contributed by atoms with Crippen molar-refractivity contribution in [1.29, 1.82) is 0 Å². The molecule has 0 aliphatic carbocycles. The summed E-state index contributed by atoms with van der Waals surface area (Å²) in [4.78, 5) is 27.1. The van der Waals surface area contributed by atoms with Crippen LogP contribution in [0.5, 0.6) is 0 Å². The summed E-state index contributed by atoms with van der Waals surface area (Å²) < 4.78 is 45.0. The fraction of sp³-hybridized carbons (Fsp3) is 0.130. The van der Waals surface area contributed by atoms with Gasteiger partial charge in [-0.2, -0.15) is 13.2 Å². The highest BCUT2D eigenvalue weighted by atomic mass is 19.4. The van der Waals surface area contributed by atoms with E-state index in [0.717, 1.165) is 17.0 Å². The number of furan rings is 1. The van der Waals surface area contributed by atoms with E-state index in [2.05, 4.69) is 0 Å². The maximum atomic E-state index is 13.3. The predicted octanol–water partition coefficient (Wildman–Crippen LogP) is 5.39. The van der Waals surface area contributed by atoms with Crippen LogP contribution in [0.3, 0.4) is 0 Å². The van der Waals surface area contributed by atoms with Gasteiger partial charge in [0.15, 0.2) is 11.5 Å². The van der Waals surface area contributed by atoms with Gasteiger partial charge in [0.25, 0.3) is 5.91 Å². The number of aliphatic hydroxyl groups is 1. The zero-order chi connectivity index (χ0) is 22.3. The van der Waals surface area contributed by atoms with Gasteiger partial charge in [-0.1, -0.05) is 30.3 Å². The van der Waals surface area contributed by atoms with Gasteiger partial charge in [0, 0.05) is 5.69 Å². The molecule has 0 saturated heterocycles. The average molecular weight is 427 g/mol. The Morgan fingerprint density at radius 3 is 2.45 bits per heavy atom. The lowest BCUT2D eigenvalue weighted by Gasteiger charge is -2.28. The van der Waals surface area contributed by atoms with E-state index in [1.54, 1.807) is 31.2 Å². The normalized spacial score (nSPS) is 16.8. The standard InChI is InChI=1S/C23H16F3NO4/c1-13-6-2-3-9-16(13)19-18(20(28)17-10-5-11-31-17)21(29)22(30)27(19)15-8-4-7-14(12-15)23(24,25)26/h2-12,19,29H,1H3. The van der Waals surface area contributed by atoms with Crippen LogP contribution in [0.2, 0.25) is 0 Å². The molecule has 4 rings (SSSR count). The highest BCUT2D eigenvalue weighted by molar-refractivity contribution is 6.20. The molecule has 5 nitrogen and oxygen atoms in total. The van der Waals surface area contributed by atoms with Gasteiger partial charge in [0.05, 0.1) is 23.4 Å². The van der Waals surface area contributed by atoms with E-state index in [1.807, 2.05) is 0 Å². The Bertz CT molecular complexity index is 1200. The second-order valence-corrected chi connectivity index (χ2v) is 7.05. The summed E-state index contributed by atoms with van der Waals surface area (Å²) in [5.74, 6) is -2.62. The molecule has 158 valence electrons. The van der Waals surface area contributed by atoms with Gasteiger partial charge in [-0.3, -0.25) is 14.5 Å². The van der Waals surface area contributed by atoms with Crippen molar-refractivity contribution in [2.45, 2.75) is 19.1 Å². The van der Waals surface area contributed by atoms with E-state index >= 15 is 0 Å². The average Bonchev–Trinajstić information content (AvgIpc) is 3.35. The minimum Gasteiger partial charge on any atom is -0.503 e. The Kier molecular flexibility index (Phi) is 4.93. The summed E-state index contributed by atoms with van der Waals surface area (Å²) in [5.41, 5.74) is -0.121. The summed E-state index contributed by atoms with van der Waals surface area (Å²) in [6.45, 7) is 1.74. The first-order valence-corrected chi connectivity index (χ1v) is 9.28. The van der Waals surface area contributed by atoms with Crippen LogP contribution in [0.1, 0.15) is 33.3 Å². The van der Waals surface area contributed by atoms with Crippen LogP contribution in [-0.2, 0) is 11.0 Å². The first-order valence-electron chi connectivity index (χ1n) is 9.28. The molecule has 1 N–H and O–H groups in total. The lowest BCUT2D eigenvalue weighted by atomic mass is 9.92. The van der Waals surface area contributed by atoms with Crippen molar-refractivity contribution in [2.24, 2.45) is 0 Å². The number of anilines is 1. The Balaban J connectivity index is 1.91. The minimum atomic E-state index is -4.63. The van der Waals surface area contributed by atoms with Crippen LogP contribution < -0.4 is 4.90 Å². The molecule has 0 spiro atoms. The SMILES string of the molecule is Cc1ccccc1C1C(C(=O)c2ccco2)=C(O)C(=O)N1c1cccc(C(F)(F)F)c1. The van der Waals surface area contributed by atoms with Crippen molar-refractivity contribution in [3.63, 3.8) is 0 Å². The van der Waals surface area contributed by atoms with Crippen molar-refractivity contribution in [1.82, 2.24) is 0 Å². The predicted molar refractivity (Wildman–Crippen MR) is 106 cm³/mol. The molecule has 1 aliphatic rings. The number of nitrogens with zero attached hydrogens (tertiary/aromatic N) is 1. The number of amides is 1. The molecular formula is C23H16F3NO4. The Hall–Kier alpha value is -3.81. The van der Waals surface area contributed by atoms with Crippen molar-refractivity contribution >= 4 is 17.4 Å². The van der Waals surface area contributed by atoms with Crippen molar-refractivity contribution in [2.75, 3.05) is 4.90 Å². The molecule has 0 bridgehead atoms. The number of hydrogen-bond donors (Lipinski definition) is 1. The van der Waals surface area contributed by atoms with Crippen LogP contribution in [0.4, 0.5) is 18.9 Å². The minimum absolute atomic E-state index is 0.0955. The van der Waals surface area contributed by atoms with E-state index in [0.29, 0.717) is 11.1 Å². The first-order chi connectivity index (χ1) is 14.7. The van der Waals surface area contributed by atoms with E-state index in [-0.39, 0.29) is 17.0 Å². The zero-order valence-corrected chi connectivity index (χ0v) is 16.2. The molecule has 1 unspecified atom stereocenters. The maximum Gasteiger partial charge on any atom is 0.416 e. The lowest BCUT2D eigenvalue weighted by molar-refractivity contribution is -0.137. The van der Waals surface area contributed by atoms with Gasteiger partial charge < -0.3 is 9.52 Å². The van der Waals surface area contributed by atoms with Crippen LogP contribution in [-0.4, -0.2) is 16.8 Å². The largest absolute Gasteiger partial charge is 0.503 e. The molecule has 3 aromatic rings. The molecule has 8 heteroatoms. The number of Topliss-reactive ketones (excluding diaryl/α,β-unsaturated/α-hetero) is 1. The molecule has 0 saturated carbocycles. The smallest absolute Gasteiger partial charge is 0.416 e. The van der Waals surface area contributed by atoms with Crippen molar-refractivity contribution in [3.05, 3.63) is 101 Å². The van der Waals surface area contributed by atoms with E-state index < -0.39 is 35.2 Å². The third-order valence-corrected chi connectivity index (χ3v) is 5.13. The highest BCUT2D eigenvalue weighted by Gasteiger charge is 2.46. The number of alkyl halides is 3. The van der Waals surface area contributed by atoms with Crippen LogP contribution in [0.15, 0.2) is 82.7 Å². The molecule has 1 aliphatic heterocycles. The number of benzene rings is 2. The number of hydrogen-bond acceptors (Lipinski definition) is 4. The molecule has 31 heavy (non-hydrogen) atoms. The maximum absolute atomic E-state index is 13.3. The Morgan fingerprint density at radius 1 is 1.06 bits per heavy atom. The van der Waals surface area contributed by atoms with E-state index in [1.165, 1.54) is 30.5 Å². The quantitative estimate of drug-likeness (QED) is 0.567. The summed E-state index contributed by atoms with van der Waals surface area (Å²) in [6, 6.07) is 12.8. The molecular weight excluding hydrogens is 411 g/mol. The number of rotatable bonds is 4. The Labute approximate surface area is 175 Å². The number of halogens is 3. The molecule has 2 aromatic carbocycles. The summed E-state index contributed by atoms with van der Waals surface area (Å²) in [5, 5.41) is 10.6. The molecule has 1 aromatic heterocycles. The fourth-order valence-electron chi connectivity index (χ4n) is 3.66. The second-order valence-electron chi connectivity index (χ2n) is 7.05. The third-order valence-electron chi connectivity index (χ3n) is 5.13. The van der Waals surface area contributed by atoms with Crippen LogP contribution in [0, 0.1) is 6.92 Å². The van der Waals surface area contributed by atoms with E-state index in [9.17, 15) is 27.9 Å². The molecule has 0 fully saturated rings. The fourth-order valence-corrected chi connectivity index (χ4v) is 3.66. The lowest BCUT2D eigenvalue weighted by Crippen LogP contribution is -2.31. The van der Waals surface area contributed by atoms with Crippen molar-refractivity contribution in [3.8, 4) is 0 Å². The van der Waals surface area contributed by atoms with Gasteiger partial charge >= 0.3 is 6.18 Å². The van der Waals surface area contributed by atoms with Gasteiger partial charge in [0.1, 0.15) is 0 Å². The number of ketones is 1. The van der Waals surface area contributed by atoms with Gasteiger partial charge in [-0.05, 0) is 48.4 Å². The van der Waals surface area contributed by atoms with Crippen LogP contribution >= 0.6 is 0 Å². The summed E-state index contributed by atoms with van der Waals surface area (Å²) in [7, 11) is 0. The number of carbonyl (C=O) groups is 2. The second kappa shape index (κ2) is 7.46.